The number of fused-ring (bicyclic) bond motifs is 3. The van der Waals surface area contributed by atoms with Crippen molar-refractivity contribution >= 4 is 49.1 Å². The molecule has 0 fully saturated rings. The summed E-state index contributed by atoms with van der Waals surface area (Å²) in [5, 5.41) is 5.06. The lowest BCUT2D eigenvalue weighted by Gasteiger charge is -2.25. The number of carbonyl (C=O) groups excluding carboxylic acids is 1. The first-order chi connectivity index (χ1) is 15.7. The SMILES string of the molecule is CCn1c2ccccc2c2cc(NC(=O)CN(c3ccccc3C(C)C)S(C)(=O)=O)ccc21. The molecule has 0 radical (unpaired) electrons. The van der Waals surface area contributed by atoms with E-state index in [1.165, 1.54) is 4.31 Å². The monoisotopic (exact) mass is 463 g/mol. The minimum atomic E-state index is -3.66. The van der Waals surface area contributed by atoms with Gasteiger partial charge in [-0.3, -0.25) is 9.10 Å². The maximum Gasteiger partial charge on any atom is 0.245 e. The fourth-order valence-corrected chi connectivity index (χ4v) is 5.26. The van der Waals surface area contributed by atoms with Crippen LogP contribution in [0, 0.1) is 0 Å². The first kappa shape index (κ1) is 22.9. The lowest BCUT2D eigenvalue weighted by Crippen LogP contribution is -2.38. The number of hydrogen-bond acceptors (Lipinski definition) is 3. The number of nitrogens with one attached hydrogen (secondary N) is 1. The Morgan fingerprint density at radius 2 is 1.64 bits per heavy atom. The van der Waals surface area contributed by atoms with Crippen molar-refractivity contribution in [2.24, 2.45) is 0 Å². The fraction of sp³-hybridized carbons (Fsp3) is 0.269. The fourth-order valence-electron chi connectivity index (χ4n) is 4.39. The first-order valence-corrected chi connectivity index (χ1v) is 12.9. The van der Waals surface area contributed by atoms with E-state index in [1.807, 2.05) is 56.3 Å². The standard InChI is InChI=1S/C26H29N3O3S/c1-5-28-23-12-8-7-11-21(23)22-16-19(14-15-24(22)28)27-26(30)17-29(33(4,31)32)25-13-9-6-10-20(25)18(2)3/h6-16,18H,5,17H2,1-4H3,(H,27,30). The van der Waals surface area contributed by atoms with Crippen LogP contribution in [0.2, 0.25) is 0 Å². The van der Waals surface area contributed by atoms with E-state index in [0.29, 0.717) is 11.4 Å². The normalized spacial score (nSPS) is 11.9. The summed E-state index contributed by atoms with van der Waals surface area (Å²) < 4.78 is 28.6. The van der Waals surface area contributed by atoms with Crippen LogP contribution >= 0.6 is 0 Å². The van der Waals surface area contributed by atoms with Gasteiger partial charge in [0.2, 0.25) is 15.9 Å². The molecule has 1 aromatic heterocycles. The Morgan fingerprint density at radius 1 is 0.970 bits per heavy atom. The van der Waals surface area contributed by atoms with E-state index in [0.717, 1.165) is 40.2 Å². The lowest BCUT2D eigenvalue weighted by atomic mass is 10.0. The Morgan fingerprint density at radius 3 is 2.33 bits per heavy atom. The molecule has 4 rings (SSSR count). The van der Waals surface area contributed by atoms with Crippen molar-refractivity contribution in [2.45, 2.75) is 33.2 Å². The zero-order valence-electron chi connectivity index (χ0n) is 19.4. The molecule has 0 bridgehead atoms. The van der Waals surface area contributed by atoms with Crippen LogP contribution in [-0.4, -0.2) is 31.7 Å². The van der Waals surface area contributed by atoms with Crippen molar-refractivity contribution in [2.75, 3.05) is 22.4 Å². The van der Waals surface area contributed by atoms with E-state index in [4.69, 9.17) is 0 Å². The van der Waals surface area contributed by atoms with Crippen LogP contribution in [0.15, 0.2) is 66.7 Å². The topological polar surface area (TPSA) is 71.4 Å². The third kappa shape index (κ3) is 4.46. The minimum absolute atomic E-state index is 0.117. The van der Waals surface area contributed by atoms with Crippen LogP contribution in [0.4, 0.5) is 11.4 Å². The van der Waals surface area contributed by atoms with E-state index in [-0.39, 0.29) is 12.5 Å². The second-order valence-electron chi connectivity index (χ2n) is 8.52. The summed E-state index contributed by atoms with van der Waals surface area (Å²) in [5.41, 5.74) is 4.29. The van der Waals surface area contributed by atoms with Gasteiger partial charge >= 0.3 is 0 Å². The van der Waals surface area contributed by atoms with Crippen molar-refractivity contribution in [3.8, 4) is 0 Å². The van der Waals surface area contributed by atoms with Gasteiger partial charge in [0, 0.05) is 34.0 Å². The summed E-state index contributed by atoms with van der Waals surface area (Å²) in [6, 6.07) is 21.3. The molecule has 33 heavy (non-hydrogen) atoms. The summed E-state index contributed by atoms with van der Waals surface area (Å²) in [7, 11) is -3.66. The Labute approximate surface area is 194 Å². The average molecular weight is 464 g/mol. The van der Waals surface area contributed by atoms with Gasteiger partial charge in [0.25, 0.3) is 0 Å². The molecule has 0 saturated carbocycles. The van der Waals surface area contributed by atoms with Gasteiger partial charge in [-0.1, -0.05) is 50.2 Å². The smallest absolute Gasteiger partial charge is 0.245 e. The summed E-state index contributed by atoms with van der Waals surface area (Å²) in [6.07, 6.45) is 1.13. The highest BCUT2D eigenvalue weighted by Gasteiger charge is 2.24. The van der Waals surface area contributed by atoms with Crippen molar-refractivity contribution in [3.05, 3.63) is 72.3 Å². The second-order valence-corrected chi connectivity index (χ2v) is 10.4. The van der Waals surface area contributed by atoms with Crippen molar-refractivity contribution in [3.63, 3.8) is 0 Å². The quantitative estimate of drug-likeness (QED) is 0.402. The van der Waals surface area contributed by atoms with Gasteiger partial charge in [-0.05, 0) is 48.7 Å². The van der Waals surface area contributed by atoms with Crippen molar-refractivity contribution in [1.29, 1.82) is 0 Å². The van der Waals surface area contributed by atoms with Gasteiger partial charge < -0.3 is 9.88 Å². The van der Waals surface area contributed by atoms with E-state index < -0.39 is 15.9 Å². The molecule has 1 amide bonds. The maximum atomic E-state index is 13.0. The van der Waals surface area contributed by atoms with Gasteiger partial charge in [-0.15, -0.1) is 0 Å². The third-order valence-corrected chi connectivity index (χ3v) is 7.01. The van der Waals surface area contributed by atoms with Crippen LogP contribution in [0.25, 0.3) is 21.8 Å². The van der Waals surface area contributed by atoms with E-state index in [9.17, 15) is 13.2 Å². The molecule has 0 aliphatic heterocycles. The molecule has 0 aliphatic rings. The Kier molecular flexibility index (Phi) is 6.17. The molecule has 0 atom stereocenters. The van der Waals surface area contributed by atoms with E-state index in [1.54, 1.807) is 12.1 Å². The molecular formula is C26H29N3O3S. The molecule has 1 N–H and O–H groups in total. The second kappa shape index (κ2) is 8.90. The molecule has 4 aromatic rings. The van der Waals surface area contributed by atoms with E-state index in [2.05, 4.69) is 28.9 Å². The number of aromatic nitrogens is 1. The molecule has 172 valence electrons. The van der Waals surface area contributed by atoms with Crippen molar-refractivity contribution in [1.82, 2.24) is 4.57 Å². The van der Waals surface area contributed by atoms with Crippen LogP contribution < -0.4 is 9.62 Å². The number of rotatable bonds is 7. The summed E-state index contributed by atoms with van der Waals surface area (Å²) in [4.78, 5) is 13.0. The average Bonchev–Trinajstić information content (AvgIpc) is 3.09. The number of hydrogen-bond donors (Lipinski definition) is 1. The predicted octanol–water partition coefficient (Wildman–Crippen LogP) is 5.34. The number of carbonyl (C=O) groups is 1. The Bertz CT molecular complexity index is 1440. The third-order valence-electron chi connectivity index (χ3n) is 5.89. The lowest BCUT2D eigenvalue weighted by molar-refractivity contribution is -0.114. The molecule has 1 heterocycles. The number of para-hydroxylation sites is 2. The van der Waals surface area contributed by atoms with Gasteiger partial charge in [-0.25, -0.2) is 8.42 Å². The Balaban J connectivity index is 1.66. The minimum Gasteiger partial charge on any atom is -0.341 e. The molecule has 0 unspecified atom stereocenters. The summed E-state index contributed by atoms with van der Waals surface area (Å²) in [6.45, 7) is 6.66. The summed E-state index contributed by atoms with van der Waals surface area (Å²) in [5.74, 6) is -0.274. The molecule has 0 aliphatic carbocycles. The Hall–Kier alpha value is -3.32. The zero-order chi connectivity index (χ0) is 23.8. The van der Waals surface area contributed by atoms with Crippen LogP contribution in [0.5, 0.6) is 0 Å². The van der Waals surface area contributed by atoms with E-state index >= 15 is 0 Å². The van der Waals surface area contributed by atoms with Gasteiger partial charge in [0.15, 0.2) is 0 Å². The number of amides is 1. The van der Waals surface area contributed by atoms with Crippen LogP contribution in [-0.2, 0) is 21.4 Å². The molecule has 6 nitrogen and oxygen atoms in total. The molecule has 0 saturated heterocycles. The number of benzene rings is 3. The molecular weight excluding hydrogens is 434 g/mol. The number of sulfonamides is 1. The van der Waals surface area contributed by atoms with Gasteiger partial charge in [-0.2, -0.15) is 0 Å². The molecule has 0 spiro atoms. The number of anilines is 2. The highest BCUT2D eigenvalue weighted by Crippen LogP contribution is 2.32. The van der Waals surface area contributed by atoms with Crippen molar-refractivity contribution < 1.29 is 13.2 Å². The van der Waals surface area contributed by atoms with Crippen LogP contribution in [0.1, 0.15) is 32.3 Å². The molecule has 7 heteroatoms. The summed E-state index contributed by atoms with van der Waals surface area (Å²) >= 11 is 0. The highest BCUT2D eigenvalue weighted by molar-refractivity contribution is 7.92. The predicted molar refractivity (Wildman–Crippen MR) is 136 cm³/mol. The first-order valence-electron chi connectivity index (χ1n) is 11.1. The molecule has 3 aromatic carbocycles. The van der Waals surface area contributed by atoms with Gasteiger partial charge in [0.1, 0.15) is 6.54 Å². The zero-order valence-corrected chi connectivity index (χ0v) is 20.2. The van der Waals surface area contributed by atoms with Gasteiger partial charge in [0.05, 0.1) is 11.9 Å². The number of nitrogens with zero attached hydrogens (tertiary/aromatic N) is 2. The van der Waals surface area contributed by atoms with Crippen LogP contribution in [0.3, 0.4) is 0 Å². The largest absolute Gasteiger partial charge is 0.341 e. The number of aryl methyl sites for hydroxylation is 1. The maximum absolute atomic E-state index is 13.0. The highest BCUT2D eigenvalue weighted by atomic mass is 32.2.